The molecule has 3 nitrogen and oxygen atoms in total. The molecule has 0 bridgehead atoms. The first-order valence-corrected chi connectivity index (χ1v) is 5.43. The van der Waals surface area contributed by atoms with Crippen molar-refractivity contribution in [1.29, 1.82) is 0 Å². The molecule has 2 unspecified atom stereocenters. The van der Waals surface area contributed by atoms with E-state index >= 15 is 0 Å². The average Bonchev–Trinajstić information content (AvgIpc) is 2.47. The largest absolute Gasteiger partial charge is 0.312 e. The van der Waals surface area contributed by atoms with E-state index in [1.807, 2.05) is 0 Å². The van der Waals surface area contributed by atoms with Crippen molar-refractivity contribution in [3.8, 4) is 0 Å². The van der Waals surface area contributed by atoms with Gasteiger partial charge < -0.3 is 5.32 Å². The summed E-state index contributed by atoms with van der Waals surface area (Å²) in [5.74, 6) is 0. The molecule has 1 aromatic rings. The number of aromatic nitrogens is 2. The zero-order chi connectivity index (χ0) is 10.1. The smallest absolute Gasteiger partial charge is 0.0647 e. The Kier molecular flexibility index (Phi) is 2.59. The van der Waals surface area contributed by atoms with Crippen molar-refractivity contribution in [2.75, 3.05) is 6.54 Å². The molecule has 1 aliphatic heterocycles. The first kappa shape index (κ1) is 9.71. The van der Waals surface area contributed by atoms with Gasteiger partial charge in [-0.15, -0.1) is 0 Å². The van der Waals surface area contributed by atoms with E-state index in [2.05, 4.69) is 41.9 Å². The molecule has 1 aromatic heterocycles. The molecule has 0 radical (unpaired) electrons. The SMILES string of the molecule is Cc1cc(C)n(C2CCC(C)NC2)n1. The van der Waals surface area contributed by atoms with Crippen LogP contribution in [0.2, 0.25) is 0 Å². The Morgan fingerprint density at radius 2 is 2.21 bits per heavy atom. The molecule has 0 aromatic carbocycles. The molecule has 1 N–H and O–H groups in total. The zero-order valence-corrected chi connectivity index (χ0v) is 9.25. The molecule has 0 spiro atoms. The minimum absolute atomic E-state index is 0.555. The summed E-state index contributed by atoms with van der Waals surface area (Å²) in [5.41, 5.74) is 2.41. The first-order chi connectivity index (χ1) is 6.66. The van der Waals surface area contributed by atoms with Gasteiger partial charge in [0.2, 0.25) is 0 Å². The summed E-state index contributed by atoms with van der Waals surface area (Å²) in [6, 6.07) is 3.38. The second-order valence-electron chi connectivity index (χ2n) is 4.41. The van der Waals surface area contributed by atoms with Crippen LogP contribution < -0.4 is 5.32 Å². The van der Waals surface area contributed by atoms with Gasteiger partial charge in [-0.1, -0.05) is 0 Å². The van der Waals surface area contributed by atoms with Gasteiger partial charge in [0.15, 0.2) is 0 Å². The van der Waals surface area contributed by atoms with Crippen LogP contribution in [0, 0.1) is 13.8 Å². The maximum Gasteiger partial charge on any atom is 0.0647 e. The Balaban J connectivity index is 2.11. The summed E-state index contributed by atoms with van der Waals surface area (Å²) in [4.78, 5) is 0. The lowest BCUT2D eigenvalue weighted by molar-refractivity contribution is 0.299. The van der Waals surface area contributed by atoms with E-state index in [0.717, 1.165) is 12.2 Å². The van der Waals surface area contributed by atoms with Crippen LogP contribution >= 0.6 is 0 Å². The summed E-state index contributed by atoms with van der Waals surface area (Å²) >= 11 is 0. The zero-order valence-electron chi connectivity index (χ0n) is 9.25. The van der Waals surface area contributed by atoms with Gasteiger partial charge in [-0.05, 0) is 39.7 Å². The number of hydrogen-bond acceptors (Lipinski definition) is 2. The van der Waals surface area contributed by atoms with Crippen LogP contribution in [-0.4, -0.2) is 22.4 Å². The fraction of sp³-hybridized carbons (Fsp3) is 0.727. The van der Waals surface area contributed by atoms with Gasteiger partial charge in [0, 0.05) is 18.3 Å². The molecule has 1 saturated heterocycles. The molecule has 3 heteroatoms. The monoisotopic (exact) mass is 193 g/mol. The van der Waals surface area contributed by atoms with Gasteiger partial charge >= 0.3 is 0 Å². The summed E-state index contributed by atoms with van der Waals surface area (Å²) in [6.07, 6.45) is 2.50. The third-order valence-electron chi connectivity index (χ3n) is 3.03. The predicted octanol–water partition coefficient (Wildman–Crippen LogP) is 1.81. The molecule has 2 atom stereocenters. The van der Waals surface area contributed by atoms with Gasteiger partial charge in [0.25, 0.3) is 0 Å². The Labute approximate surface area is 85.5 Å². The highest BCUT2D eigenvalue weighted by Crippen LogP contribution is 2.20. The van der Waals surface area contributed by atoms with Crippen molar-refractivity contribution in [1.82, 2.24) is 15.1 Å². The summed E-state index contributed by atoms with van der Waals surface area (Å²) in [5, 5.41) is 8.04. The normalized spacial score (nSPS) is 27.9. The number of hydrogen-bond donors (Lipinski definition) is 1. The lowest BCUT2D eigenvalue weighted by Crippen LogP contribution is -2.38. The van der Waals surface area contributed by atoms with Crippen LogP contribution in [0.25, 0.3) is 0 Å². The molecule has 0 saturated carbocycles. The summed E-state index contributed by atoms with van der Waals surface area (Å²) in [7, 11) is 0. The third kappa shape index (κ3) is 1.82. The van der Waals surface area contributed by atoms with Gasteiger partial charge in [-0.3, -0.25) is 4.68 Å². The summed E-state index contributed by atoms with van der Waals surface area (Å²) < 4.78 is 2.17. The highest BCUT2D eigenvalue weighted by atomic mass is 15.3. The Bertz CT molecular complexity index is 308. The van der Waals surface area contributed by atoms with Gasteiger partial charge in [0.05, 0.1) is 11.7 Å². The van der Waals surface area contributed by atoms with Crippen LogP contribution in [0.1, 0.15) is 37.2 Å². The molecular weight excluding hydrogens is 174 g/mol. The van der Waals surface area contributed by atoms with Crippen LogP contribution in [-0.2, 0) is 0 Å². The quantitative estimate of drug-likeness (QED) is 0.737. The average molecular weight is 193 g/mol. The molecule has 0 amide bonds. The van der Waals surface area contributed by atoms with Crippen LogP contribution in [0.5, 0.6) is 0 Å². The van der Waals surface area contributed by atoms with Crippen LogP contribution in [0.15, 0.2) is 6.07 Å². The minimum atomic E-state index is 0.555. The molecule has 1 fully saturated rings. The van der Waals surface area contributed by atoms with Crippen LogP contribution in [0.4, 0.5) is 0 Å². The van der Waals surface area contributed by atoms with E-state index in [4.69, 9.17) is 0 Å². The lowest BCUT2D eigenvalue weighted by atomic mass is 10.0. The van der Waals surface area contributed by atoms with Crippen molar-refractivity contribution in [3.63, 3.8) is 0 Å². The Hall–Kier alpha value is -0.830. The topological polar surface area (TPSA) is 29.9 Å². The van der Waals surface area contributed by atoms with E-state index in [1.165, 1.54) is 18.5 Å². The molecule has 2 rings (SSSR count). The predicted molar refractivity (Wildman–Crippen MR) is 57.4 cm³/mol. The van der Waals surface area contributed by atoms with E-state index in [0.29, 0.717) is 12.1 Å². The highest BCUT2D eigenvalue weighted by molar-refractivity contribution is 5.08. The second-order valence-corrected chi connectivity index (χ2v) is 4.41. The molecule has 2 heterocycles. The Morgan fingerprint density at radius 1 is 1.43 bits per heavy atom. The highest BCUT2D eigenvalue weighted by Gasteiger charge is 2.20. The maximum atomic E-state index is 4.54. The van der Waals surface area contributed by atoms with Crippen molar-refractivity contribution >= 4 is 0 Å². The van der Waals surface area contributed by atoms with Gasteiger partial charge in [-0.25, -0.2) is 0 Å². The number of nitrogens with zero attached hydrogens (tertiary/aromatic N) is 2. The first-order valence-electron chi connectivity index (χ1n) is 5.43. The molecular formula is C11H19N3. The molecule has 1 aliphatic rings. The van der Waals surface area contributed by atoms with Crippen LogP contribution in [0.3, 0.4) is 0 Å². The third-order valence-corrected chi connectivity index (χ3v) is 3.03. The lowest BCUT2D eigenvalue weighted by Gasteiger charge is -2.28. The van der Waals surface area contributed by atoms with E-state index < -0.39 is 0 Å². The maximum absolute atomic E-state index is 4.54. The second kappa shape index (κ2) is 3.73. The van der Waals surface area contributed by atoms with E-state index in [-0.39, 0.29) is 0 Å². The van der Waals surface area contributed by atoms with Crippen molar-refractivity contribution in [3.05, 3.63) is 17.5 Å². The fourth-order valence-electron chi connectivity index (χ4n) is 2.21. The summed E-state index contributed by atoms with van der Waals surface area (Å²) in [6.45, 7) is 7.50. The van der Waals surface area contributed by atoms with Crippen molar-refractivity contribution in [2.45, 2.75) is 45.7 Å². The van der Waals surface area contributed by atoms with Crippen molar-refractivity contribution < 1.29 is 0 Å². The van der Waals surface area contributed by atoms with E-state index in [9.17, 15) is 0 Å². The standard InChI is InChI=1S/C11H19N3/c1-8-4-5-11(7-12-8)14-10(3)6-9(2)13-14/h6,8,11-12H,4-5,7H2,1-3H3. The molecule has 78 valence electrons. The molecule has 0 aliphatic carbocycles. The van der Waals surface area contributed by atoms with Crippen molar-refractivity contribution in [2.24, 2.45) is 0 Å². The van der Waals surface area contributed by atoms with Gasteiger partial charge in [0.1, 0.15) is 0 Å². The number of aryl methyl sites for hydroxylation is 2. The Morgan fingerprint density at radius 3 is 2.71 bits per heavy atom. The van der Waals surface area contributed by atoms with E-state index in [1.54, 1.807) is 0 Å². The molecule has 14 heavy (non-hydrogen) atoms. The number of nitrogens with one attached hydrogen (secondary N) is 1. The number of rotatable bonds is 1. The number of piperidine rings is 1. The van der Waals surface area contributed by atoms with Gasteiger partial charge in [-0.2, -0.15) is 5.10 Å². The minimum Gasteiger partial charge on any atom is -0.312 e. The fourth-order valence-corrected chi connectivity index (χ4v) is 2.21.